The third-order valence-corrected chi connectivity index (χ3v) is 11.3. The van der Waals surface area contributed by atoms with E-state index in [1.165, 1.54) is 33.4 Å². The second-order valence-electron chi connectivity index (χ2n) is 14.3. The zero-order chi connectivity index (χ0) is 36.3. The van der Waals surface area contributed by atoms with E-state index >= 15 is 0 Å². The molecule has 0 atom stereocenters. The van der Waals surface area contributed by atoms with Crippen LogP contribution in [0.25, 0.3) is 77.3 Å². The molecule has 10 aromatic rings. The minimum atomic E-state index is -0.509. The molecule has 0 fully saturated rings. The van der Waals surface area contributed by atoms with Gasteiger partial charge in [-0.3, -0.25) is 15.0 Å². The number of benzene rings is 6. The monoisotopic (exact) mass is 700 g/mol. The summed E-state index contributed by atoms with van der Waals surface area (Å²) in [5, 5.41) is 4.31. The number of aromatic nitrogens is 4. The van der Waals surface area contributed by atoms with Gasteiger partial charge in [0.2, 0.25) is 0 Å². The molecule has 4 heteroatoms. The summed E-state index contributed by atoms with van der Waals surface area (Å²) >= 11 is 0. The van der Waals surface area contributed by atoms with Crippen LogP contribution in [0.3, 0.4) is 0 Å². The Kier molecular flexibility index (Phi) is 7.04. The van der Waals surface area contributed by atoms with Crippen LogP contribution in [0.4, 0.5) is 0 Å². The fourth-order valence-corrected chi connectivity index (χ4v) is 8.82. The van der Waals surface area contributed by atoms with Crippen LogP contribution in [0.15, 0.2) is 195 Å². The summed E-state index contributed by atoms with van der Waals surface area (Å²) in [5.74, 6) is 0. The zero-order valence-electron chi connectivity index (χ0n) is 29.8. The largest absolute Gasteiger partial charge is 0.264 e. The normalized spacial score (nSPS) is 12.9. The van der Waals surface area contributed by atoms with Gasteiger partial charge in [0.1, 0.15) is 0 Å². The zero-order valence-corrected chi connectivity index (χ0v) is 29.8. The van der Waals surface area contributed by atoms with Gasteiger partial charge >= 0.3 is 0 Å². The molecule has 256 valence electrons. The molecular weight excluding hydrogens is 669 g/mol. The Hall–Kier alpha value is -7.30. The molecule has 6 aromatic carbocycles. The van der Waals surface area contributed by atoms with E-state index in [0.29, 0.717) is 0 Å². The predicted octanol–water partition coefficient (Wildman–Crippen LogP) is 12.1. The van der Waals surface area contributed by atoms with Crippen molar-refractivity contribution in [3.63, 3.8) is 0 Å². The van der Waals surface area contributed by atoms with Gasteiger partial charge in [-0.15, -0.1) is 0 Å². The van der Waals surface area contributed by atoms with Crippen molar-refractivity contribution in [1.82, 2.24) is 19.9 Å². The maximum atomic E-state index is 5.46. The summed E-state index contributed by atoms with van der Waals surface area (Å²) in [5.41, 5.74) is 14.7. The smallest absolute Gasteiger partial charge is 0.0964 e. The fraction of sp³-hybridized carbons (Fsp3) is 0.0196. The Labute approximate surface area is 318 Å². The quantitative estimate of drug-likeness (QED) is 0.168. The lowest BCUT2D eigenvalue weighted by molar-refractivity contribution is 0.768. The van der Waals surface area contributed by atoms with Gasteiger partial charge in [-0.25, -0.2) is 4.98 Å². The van der Waals surface area contributed by atoms with Crippen molar-refractivity contribution in [2.45, 2.75) is 5.41 Å². The van der Waals surface area contributed by atoms with Crippen molar-refractivity contribution >= 4 is 32.6 Å². The molecule has 0 spiro atoms. The number of hydrogen-bond acceptors (Lipinski definition) is 4. The molecule has 1 aliphatic rings. The lowest BCUT2D eigenvalue weighted by Gasteiger charge is -2.34. The predicted molar refractivity (Wildman–Crippen MR) is 224 cm³/mol. The molecule has 1 aliphatic carbocycles. The van der Waals surface area contributed by atoms with E-state index in [1.807, 2.05) is 30.9 Å². The average Bonchev–Trinajstić information content (AvgIpc) is 3.57. The van der Waals surface area contributed by atoms with Gasteiger partial charge in [-0.1, -0.05) is 133 Å². The van der Waals surface area contributed by atoms with E-state index in [9.17, 15) is 0 Å². The lowest BCUT2D eigenvalue weighted by Crippen LogP contribution is -2.28. The highest BCUT2D eigenvalue weighted by molar-refractivity contribution is 6.04. The molecule has 0 bridgehead atoms. The van der Waals surface area contributed by atoms with Crippen LogP contribution in [0.1, 0.15) is 22.3 Å². The van der Waals surface area contributed by atoms with Crippen LogP contribution in [0.2, 0.25) is 0 Å². The third kappa shape index (κ3) is 4.85. The van der Waals surface area contributed by atoms with Gasteiger partial charge in [0.05, 0.1) is 27.8 Å². The first-order valence-electron chi connectivity index (χ1n) is 18.6. The summed E-state index contributed by atoms with van der Waals surface area (Å²) in [6, 6.07) is 61.0. The first-order chi connectivity index (χ1) is 27.3. The second kappa shape index (κ2) is 12.4. The molecule has 4 nitrogen and oxygen atoms in total. The van der Waals surface area contributed by atoms with Crippen molar-refractivity contribution < 1.29 is 0 Å². The van der Waals surface area contributed by atoms with Crippen molar-refractivity contribution in [2.24, 2.45) is 0 Å². The van der Waals surface area contributed by atoms with Gasteiger partial charge in [-0.2, -0.15) is 0 Å². The summed E-state index contributed by atoms with van der Waals surface area (Å²) in [7, 11) is 0. The molecule has 0 amide bonds. The first-order valence-corrected chi connectivity index (χ1v) is 18.6. The summed E-state index contributed by atoms with van der Waals surface area (Å²) in [4.78, 5) is 19.6. The molecule has 4 heterocycles. The molecule has 0 saturated heterocycles. The van der Waals surface area contributed by atoms with E-state index < -0.39 is 5.41 Å². The maximum absolute atomic E-state index is 5.46. The molecule has 55 heavy (non-hydrogen) atoms. The molecular formula is C51H32N4. The van der Waals surface area contributed by atoms with Gasteiger partial charge in [0.25, 0.3) is 0 Å². The Morgan fingerprint density at radius 3 is 1.95 bits per heavy atom. The number of fused-ring (bicyclic) bond motifs is 7. The van der Waals surface area contributed by atoms with Crippen LogP contribution < -0.4 is 0 Å². The molecule has 0 N–H and O–H groups in total. The van der Waals surface area contributed by atoms with Crippen LogP contribution in [-0.4, -0.2) is 19.9 Å². The van der Waals surface area contributed by atoms with E-state index in [1.54, 1.807) is 0 Å². The molecule has 0 aliphatic heterocycles. The topological polar surface area (TPSA) is 51.6 Å². The van der Waals surface area contributed by atoms with Crippen molar-refractivity contribution in [3.05, 3.63) is 217 Å². The average molecular weight is 701 g/mol. The molecule has 0 radical (unpaired) electrons. The first kappa shape index (κ1) is 31.2. The molecule has 0 unspecified atom stereocenters. The maximum Gasteiger partial charge on any atom is 0.0964 e. The third-order valence-electron chi connectivity index (χ3n) is 11.3. The van der Waals surface area contributed by atoms with E-state index in [4.69, 9.17) is 9.97 Å². The van der Waals surface area contributed by atoms with Gasteiger partial charge < -0.3 is 0 Å². The second-order valence-corrected chi connectivity index (χ2v) is 14.3. The highest BCUT2D eigenvalue weighted by Gasteiger charge is 2.46. The lowest BCUT2D eigenvalue weighted by atomic mass is 9.67. The van der Waals surface area contributed by atoms with Gasteiger partial charge in [-0.05, 0) is 80.7 Å². The van der Waals surface area contributed by atoms with E-state index in [2.05, 4.69) is 174 Å². The SMILES string of the molecule is c1ccc(C2(c3ccccc3)c3ccccc3-c3ccc(-c4cc(-c5cnc6c(ccc7cccnc76)c5)cc(-c5cccc6ccncc56)n4)cc32)cc1. The standard InChI is InChI=1S/C51H32N4/c1-3-13-39(14-4-1)51(40-15-5-2-6-16-40)45-19-8-7-17-41(45)42-23-22-35(28-46(42)51)47-29-37(30-48(55-47)43-18-9-11-33-24-26-52-32-44(33)43)38-27-36-21-20-34-12-10-25-53-49(34)50(36)54-31-38/h1-32H. The molecule has 11 rings (SSSR count). The number of hydrogen-bond donors (Lipinski definition) is 0. The summed E-state index contributed by atoms with van der Waals surface area (Å²) in [6.07, 6.45) is 7.58. The minimum absolute atomic E-state index is 0.509. The molecule has 0 saturated carbocycles. The number of nitrogens with zero attached hydrogens (tertiary/aromatic N) is 4. The van der Waals surface area contributed by atoms with E-state index in [-0.39, 0.29) is 0 Å². The van der Waals surface area contributed by atoms with Crippen molar-refractivity contribution in [2.75, 3.05) is 0 Å². The van der Waals surface area contributed by atoms with E-state index in [0.717, 1.165) is 66.2 Å². The van der Waals surface area contributed by atoms with Crippen LogP contribution in [0, 0.1) is 0 Å². The van der Waals surface area contributed by atoms with Gasteiger partial charge in [0, 0.05) is 57.6 Å². The Bertz CT molecular complexity index is 3060. The fourth-order valence-electron chi connectivity index (χ4n) is 8.82. The minimum Gasteiger partial charge on any atom is -0.264 e. The highest BCUT2D eigenvalue weighted by atomic mass is 14.7. The Morgan fingerprint density at radius 1 is 0.382 bits per heavy atom. The Balaban J connectivity index is 1.17. The van der Waals surface area contributed by atoms with Crippen LogP contribution in [-0.2, 0) is 5.41 Å². The van der Waals surface area contributed by atoms with Crippen molar-refractivity contribution in [1.29, 1.82) is 0 Å². The Morgan fingerprint density at radius 2 is 1.09 bits per heavy atom. The molecule has 4 aromatic heterocycles. The summed E-state index contributed by atoms with van der Waals surface area (Å²) < 4.78 is 0. The van der Waals surface area contributed by atoms with Crippen LogP contribution >= 0.6 is 0 Å². The summed E-state index contributed by atoms with van der Waals surface area (Å²) in [6.45, 7) is 0. The number of pyridine rings is 4. The number of rotatable bonds is 5. The van der Waals surface area contributed by atoms with Crippen molar-refractivity contribution in [3.8, 4) is 44.8 Å². The highest BCUT2D eigenvalue weighted by Crippen LogP contribution is 2.56. The van der Waals surface area contributed by atoms with Crippen LogP contribution in [0.5, 0.6) is 0 Å². The van der Waals surface area contributed by atoms with Gasteiger partial charge in [0.15, 0.2) is 0 Å².